The molecule has 1 aromatic rings. The largest absolute Gasteiger partial charge is 0.147 e. The molecule has 0 heterocycles. The third-order valence-corrected chi connectivity index (χ3v) is 9.77. The van der Waals surface area contributed by atoms with E-state index in [2.05, 4.69) is 39.9 Å². The van der Waals surface area contributed by atoms with Crippen LogP contribution >= 0.6 is 24.8 Å². The Morgan fingerprint density at radius 1 is 1.11 bits per heavy atom. The summed E-state index contributed by atoms with van der Waals surface area (Å²) in [5.74, 6) is 0.701. The fourth-order valence-corrected chi connectivity index (χ4v) is 3.93. The Hall–Kier alpha value is 0.461. The van der Waals surface area contributed by atoms with Crippen LogP contribution in [-0.2, 0) is 20.1 Å². The van der Waals surface area contributed by atoms with Gasteiger partial charge in [0.05, 0.1) is 0 Å². The van der Waals surface area contributed by atoms with Gasteiger partial charge < -0.3 is 0 Å². The van der Waals surface area contributed by atoms with Crippen molar-refractivity contribution in [1.29, 1.82) is 0 Å². The topological polar surface area (TPSA) is 9.23 Å². The summed E-state index contributed by atoms with van der Waals surface area (Å²) in [5.41, 5.74) is 1.15. The Morgan fingerprint density at radius 2 is 1.63 bits per heavy atom. The van der Waals surface area contributed by atoms with E-state index < -0.39 is 28.2 Å². The van der Waals surface area contributed by atoms with E-state index in [1.807, 2.05) is 19.1 Å². The number of hydrogen-bond donors (Lipinski definition) is 0. The zero-order chi connectivity index (χ0) is 13.3. The van der Waals surface area contributed by atoms with Crippen LogP contribution in [0.25, 0.3) is 0 Å². The molecule has 1 rings (SSSR count). The molecule has 0 amide bonds. The van der Waals surface area contributed by atoms with Crippen molar-refractivity contribution in [2.75, 3.05) is 0 Å². The molecule has 0 saturated heterocycles. The van der Waals surface area contributed by atoms with Crippen LogP contribution in [-0.4, -0.2) is 8.07 Å². The monoisotopic (exact) mass is 360 g/mol. The van der Waals surface area contributed by atoms with Gasteiger partial charge in [0.1, 0.15) is 0 Å². The molecule has 0 aromatic heterocycles. The molecule has 19 heavy (non-hydrogen) atoms. The van der Waals surface area contributed by atoms with Crippen molar-refractivity contribution in [3.63, 3.8) is 0 Å². The second-order valence-electron chi connectivity index (χ2n) is 6.09. The van der Waals surface area contributed by atoms with Crippen LogP contribution in [0.5, 0.6) is 5.75 Å². The summed E-state index contributed by atoms with van der Waals surface area (Å²) in [6, 6.07) is 6.18. The Labute approximate surface area is 139 Å². The predicted octanol–water partition coefficient (Wildman–Crippen LogP) is 4.81. The molecule has 0 bridgehead atoms. The Balaban J connectivity index is 0. The predicted molar refractivity (Wildman–Crippen MR) is 84.2 cm³/mol. The third kappa shape index (κ3) is 5.39. The third-order valence-electron chi connectivity index (χ3n) is 3.80. The number of aryl methyl sites for hydroxylation is 1. The summed E-state index contributed by atoms with van der Waals surface area (Å²) in [4.78, 5) is 0. The van der Waals surface area contributed by atoms with E-state index in [0.29, 0.717) is 5.75 Å². The van der Waals surface area contributed by atoms with Crippen molar-refractivity contribution < 1.29 is 26.5 Å². The first-order valence-electron chi connectivity index (χ1n) is 5.83. The summed E-state index contributed by atoms with van der Waals surface area (Å²) < 4.78 is 17.5. The summed E-state index contributed by atoms with van der Waals surface area (Å²) in [6.45, 7) is 13.6. The average molecular weight is 361 g/mol. The zero-order valence-corrected chi connectivity index (χ0v) is 16.5. The van der Waals surface area contributed by atoms with Crippen LogP contribution in [0, 0.1) is 6.92 Å². The van der Waals surface area contributed by atoms with Crippen LogP contribution in [0.3, 0.4) is 0 Å². The van der Waals surface area contributed by atoms with Gasteiger partial charge in [-0.2, -0.15) is 0 Å². The maximum atomic E-state index is 12.4. The molecule has 0 aliphatic carbocycles. The molecule has 0 aliphatic rings. The molecule has 0 spiro atoms. The van der Waals surface area contributed by atoms with Crippen molar-refractivity contribution in [3.05, 3.63) is 23.8 Å². The number of benzene rings is 1. The Bertz CT molecular complexity index is 408. The fraction of sp³-hybridized carbons (Fsp3) is 0.538. The summed E-state index contributed by atoms with van der Waals surface area (Å²) in [5, 5.41) is 1.63. The first-order valence-corrected chi connectivity index (χ1v) is 10.1. The van der Waals surface area contributed by atoms with Gasteiger partial charge in [0, 0.05) is 0 Å². The Morgan fingerprint density at radius 3 is 2.05 bits per heavy atom. The van der Waals surface area contributed by atoms with E-state index in [9.17, 15) is 3.09 Å². The number of rotatable bonds is 3. The first-order chi connectivity index (χ1) is 7.68. The summed E-state index contributed by atoms with van der Waals surface area (Å²) >= 11 is -1.77. The quantitative estimate of drug-likeness (QED) is 0.702. The molecule has 1 nitrogen and oxygen atoms in total. The van der Waals surface area contributed by atoms with Gasteiger partial charge in [0.25, 0.3) is 0 Å². The second kappa shape index (κ2) is 8.04. The number of hydrogen-bond acceptors (Lipinski definition) is 1. The van der Waals surface area contributed by atoms with Gasteiger partial charge in [-0.1, -0.05) is 0 Å². The number of halogens is 3. The van der Waals surface area contributed by atoms with Crippen LogP contribution < -0.4 is 8.51 Å². The molecule has 0 saturated carbocycles. The molecule has 0 aliphatic heterocycles. The standard InChI is InChI=1S/C13H22OSi.2ClH.FH.Ti/c1-10-7-11(14)9-12(8-10)15(5,6)13(2,3)4;;;;/h7-9,14H,1-6H3;3*1H;/q;;;;+2/p-2. The molecule has 0 unspecified atom stereocenters. The normalized spacial score (nSPS) is 11.1. The molecule has 0 radical (unpaired) electrons. The van der Waals surface area contributed by atoms with Crippen molar-refractivity contribution in [3.8, 4) is 5.75 Å². The van der Waals surface area contributed by atoms with E-state index in [-0.39, 0.29) is 29.9 Å². The van der Waals surface area contributed by atoms with Gasteiger partial charge in [-0.15, -0.1) is 24.8 Å². The van der Waals surface area contributed by atoms with Gasteiger partial charge in [-0.05, 0) is 0 Å². The van der Waals surface area contributed by atoms with Crippen molar-refractivity contribution in [1.82, 2.24) is 0 Å². The van der Waals surface area contributed by atoms with Crippen molar-refractivity contribution >= 4 is 38.1 Å². The van der Waals surface area contributed by atoms with Gasteiger partial charge in [-0.25, -0.2) is 0 Å². The van der Waals surface area contributed by atoms with Crippen LogP contribution in [0.2, 0.25) is 18.1 Å². The van der Waals surface area contributed by atoms with Crippen molar-refractivity contribution in [2.45, 2.75) is 45.8 Å². The fourth-order valence-electron chi connectivity index (χ4n) is 1.65. The molecule has 0 atom stereocenters. The maximum absolute atomic E-state index is 12.4. The molecule has 6 heteroatoms. The minimum absolute atomic E-state index is 0. The smallest absolute Gasteiger partial charge is 0.147 e. The summed E-state index contributed by atoms with van der Waals surface area (Å²) in [6.07, 6.45) is 0. The van der Waals surface area contributed by atoms with Gasteiger partial charge in [-0.3, -0.25) is 0 Å². The molecule has 110 valence electrons. The molecule has 0 N–H and O–H groups in total. The molecular formula is C13H23Cl2FOSiTi. The van der Waals surface area contributed by atoms with E-state index in [1.165, 1.54) is 5.19 Å². The average Bonchev–Trinajstić information content (AvgIpc) is 2.15. The second-order valence-corrected chi connectivity index (χ2v) is 12.0. The SMILES string of the molecule is Cc1cc([O][Ti][F])cc([Si](C)(C)C(C)(C)C)c1.Cl.Cl. The van der Waals surface area contributed by atoms with E-state index in [4.69, 9.17) is 3.32 Å². The summed E-state index contributed by atoms with van der Waals surface area (Å²) in [7, 11) is -1.56. The van der Waals surface area contributed by atoms with E-state index >= 15 is 0 Å². The first kappa shape index (κ1) is 21.8. The maximum Gasteiger partial charge on any atom is -0.147 e. The van der Waals surface area contributed by atoms with Crippen LogP contribution in [0.15, 0.2) is 18.2 Å². The minimum atomic E-state index is -1.77. The van der Waals surface area contributed by atoms with Gasteiger partial charge in [0.2, 0.25) is 0 Å². The van der Waals surface area contributed by atoms with E-state index in [0.717, 1.165) is 5.56 Å². The minimum Gasteiger partial charge on any atom is -0.147 e. The van der Waals surface area contributed by atoms with Crippen molar-refractivity contribution in [2.24, 2.45) is 0 Å². The van der Waals surface area contributed by atoms with Gasteiger partial charge in [0.15, 0.2) is 0 Å². The Kier molecular flexibility index (Phi) is 9.20. The van der Waals surface area contributed by atoms with E-state index in [1.54, 1.807) is 0 Å². The van der Waals surface area contributed by atoms with Crippen LogP contribution in [0.4, 0.5) is 3.09 Å². The zero-order valence-electron chi connectivity index (χ0n) is 12.3. The van der Waals surface area contributed by atoms with Gasteiger partial charge >= 0.3 is 115 Å². The molecule has 0 fully saturated rings. The molecular weight excluding hydrogens is 338 g/mol. The molecule has 1 aromatic carbocycles. The van der Waals surface area contributed by atoms with Crippen LogP contribution in [0.1, 0.15) is 26.3 Å².